The lowest BCUT2D eigenvalue weighted by Gasteiger charge is -2.30. The third kappa shape index (κ3) is 4.54. The number of carbonyl (C=O) groups is 2. The van der Waals surface area contributed by atoms with Crippen LogP contribution < -0.4 is 5.73 Å². The van der Waals surface area contributed by atoms with Gasteiger partial charge >= 0.3 is 0 Å². The smallest absolute Gasteiger partial charge is 0.233 e. The molecule has 1 saturated heterocycles. The molecule has 1 aliphatic rings. The Kier molecular flexibility index (Phi) is 6.23. The minimum atomic E-state index is -0.280. The van der Waals surface area contributed by atoms with Gasteiger partial charge in [-0.15, -0.1) is 16.8 Å². The van der Waals surface area contributed by atoms with Crippen LogP contribution in [0.5, 0.6) is 0 Å². The topological polar surface area (TPSA) is 107 Å². The molecule has 2 aromatic rings. The Morgan fingerprint density at radius 3 is 2.59 bits per heavy atom. The van der Waals surface area contributed by atoms with Crippen molar-refractivity contribution in [2.24, 2.45) is 11.7 Å². The van der Waals surface area contributed by atoms with Crippen LogP contribution in [0.25, 0.3) is 11.4 Å². The van der Waals surface area contributed by atoms with Crippen LogP contribution in [0, 0.1) is 5.92 Å². The zero-order valence-electron chi connectivity index (χ0n) is 15.0. The number of carbonyl (C=O) groups excluding carboxylic acids is 2. The van der Waals surface area contributed by atoms with E-state index >= 15 is 0 Å². The molecule has 142 valence electrons. The number of primary amides is 1. The molecule has 0 aromatic carbocycles. The predicted octanol–water partition coefficient (Wildman–Crippen LogP) is 1.34. The average molecular weight is 386 g/mol. The van der Waals surface area contributed by atoms with Crippen molar-refractivity contribution in [3.63, 3.8) is 0 Å². The largest absolute Gasteiger partial charge is 0.369 e. The summed E-state index contributed by atoms with van der Waals surface area (Å²) < 4.78 is 1.93. The quantitative estimate of drug-likeness (QED) is 0.568. The van der Waals surface area contributed by atoms with Gasteiger partial charge in [-0.25, -0.2) is 0 Å². The highest BCUT2D eigenvalue weighted by Gasteiger charge is 2.26. The number of thioether (sulfide) groups is 1. The van der Waals surface area contributed by atoms with E-state index in [2.05, 4.69) is 21.8 Å². The van der Waals surface area contributed by atoms with Crippen LogP contribution in [0.15, 0.2) is 42.3 Å². The Hall–Kier alpha value is -2.68. The first-order valence-corrected chi connectivity index (χ1v) is 9.73. The second-order valence-electron chi connectivity index (χ2n) is 6.29. The second-order valence-corrected chi connectivity index (χ2v) is 7.23. The molecule has 3 rings (SSSR count). The highest BCUT2D eigenvalue weighted by atomic mass is 32.2. The van der Waals surface area contributed by atoms with Crippen LogP contribution in [0.2, 0.25) is 0 Å². The van der Waals surface area contributed by atoms with E-state index in [1.165, 1.54) is 11.8 Å². The summed E-state index contributed by atoms with van der Waals surface area (Å²) in [6.07, 6.45) is 6.44. The lowest BCUT2D eigenvalue weighted by Crippen LogP contribution is -2.42. The average Bonchev–Trinajstić information content (AvgIpc) is 3.10. The summed E-state index contributed by atoms with van der Waals surface area (Å²) >= 11 is 1.35. The number of pyridine rings is 1. The van der Waals surface area contributed by atoms with Crippen molar-refractivity contribution in [2.45, 2.75) is 24.5 Å². The number of aromatic nitrogens is 4. The predicted molar refractivity (Wildman–Crippen MR) is 103 cm³/mol. The van der Waals surface area contributed by atoms with Crippen LogP contribution in [0.1, 0.15) is 12.8 Å². The summed E-state index contributed by atoms with van der Waals surface area (Å²) in [5.74, 6) is 0.612. The Bertz CT molecular complexity index is 815. The minimum absolute atomic E-state index is 0.0292. The fraction of sp³-hybridized carbons (Fsp3) is 0.389. The Labute approximate surface area is 161 Å². The second kappa shape index (κ2) is 8.81. The summed E-state index contributed by atoms with van der Waals surface area (Å²) in [5, 5.41) is 9.17. The summed E-state index contributed by atoms with van der Waals surface area (Å²) in [4.78, 5) is 29.5. The van der Waals surface area contributed by atoms with Gasteiger partial charge in [0.05, 0.1) is 5.75 Å². The van der Waals surface area contributed by atoms with Gasteiger partial charge in [0.1, 0.15) is 0 Å². The first-order chi connectivity index (χ1) is 13.1. The number of amides is 2. The van der Waals surface area contributed by atoms with Crippen molar-refractivity contribution >= 4 is 23.6 Å². The molecule has 0 aliphatic carbocycles. The molecule has 0 spiro atoms. The molecular weight excluding hydrogens is 364 g/mol. The van der Waals surface area contributed by atoms with Crippen molar-refractivity contribution in [2.75, 3.05) is 18.8 Å². The maximum atomic E-state index is 12.5. The van der Waals surface area contributed by atoms with Gasteiger partial charge in [0.25, 0.3) is 0 Å². The first kappa shape index (κ1) is 19.1. The van der Waals surface area contributed by atoms with E-state index in [0.29, 0.717) is 37.6 Å². The van der Waals surface area contributed by atoms with Crippen LogP contribution in [0.3, 0.4) is 0 Å². The van der Waals surface area contributed by atoms with Crippen LogP contribution >= 0.6 is 11.8 Å². The van der Waals surface area contributed by atoms with Gasteiger partial charge in [-0.1, -0.05) is 17.8 Å². The highest BCUT2D eigenvalue weighted by molar-refractivity contribution is 7.99. The van der Waals surface area contributed by atoms with Gasteiger partial charge in [0, 0.05) is 43.5 Å². The van der Waals surface area contributed by atoms with E-state index in [4.69, 9.17) is 5.73 Å². The summed E-state index contributed by atoms with van der Waals surface area (Å²) in [6, 6.07) is 3.73. The molecule has 2 aromatic heterocycles. The van der Waals surface area contributed by atoms with E-state index in [9.17, 15) is 9.59 Å². The molecule has 3 heterocycles. The van der Waals surface area contributed by atoms with Crippen LogP contribution in [-0.2, 0) is 16.1 Å². The van der Waals surface area contributed by atoms with Crippen molar-refractivity contribution in [3.05, 3.63) is 37.2 Å². The van der Waals surface area contributed by atoms with Crippen molar-refractivity contribution < 1.29 is 9.59 Å². The van der Waals surface area contributed by atoms with E-state index in [1.807, 2.05) is 16.7 Å². The summed E-state index contributed by atoms with van der Waals surface area (Å²) in [7, 11) is 0. The zero-order chi connectivity index (χ0) is 19.2. The summed E-state index contributed by atoms with van der Waals surface area (Å²) in [6.45, 7) is 5.47. The molecular formula is C18H22N6O2S. The lowest BCUT2D eigenvalue weighted by atomic mass is 9.96. The normalized spacial score (nSPS) is 14.9. The number of hydrogen-bond donors (Lipinski definition) is 1. The van der Waals surface area contributed by atoms with Crippen molar-refractivity contribution in [1.29, 1.82) is 0 Å². The third-order valence-electron chi connectivity index (χ3n) is 4.54. The van der Waals surface area contributed by atoms with Gasteiger partial charge in [0.15, 0.2) is 11.0 Å². The third-order valence-corrected chi connectivity index (χ3v) is 5.49. The van der Waals surface area contributed by atoms with E-state index in [1.54, 1.807) is 23.4 Å². The molecule has 1 fully saturated rings. The zero-order valence-corrected chi connectivity index (χ0v) is 15.8. The van der Waals surface area contributed by atoms with Gasteiger partial charge < -0.3 is 10.6 Å². The lowest BCUT2D eigenvalue weighted by molar-refractivity contribution is -0.132. The molecule has 1 aliphatic heterocycles. The fourth-order valence-electron chi connectivity index (χ4n) is 3.03. The number of nitrogens with two attached hydrogens (primary N) is 1. The summed E-state index contributed by atoms with van der Waals surface area (Å²) in [5.41, 5.74) is 6.25. The number of allylic oxidation sites excluding steroid dienone is 1. The standard InChI is InChI=1S/C18H22N6O2S/c1-2-9-24-17(14-3-7-20-8-4-14)21-22-18(24)27-12-15(25)23-10-5-13(6-11-23)16(19)26/h2-4,7-8,13H,1,5-6,9-12H2,(H2,19,26). The maximum Gasteiger partial charge on any atom is 0.233 e. The maximum absolute atomic E-state index is 12.5. The highest BCUT2D eigenvalue weighted by Crippen LogP contribution is 2.25. The van der Waals surface area contributed by atoms with E-state index < -0.39 is 0 Å². The van der Waals surface area contributed by atoms with E-state index in [0.717, 1.165) is 11.4 Å². The molecule has 2 N–H and O–H groups in total. The Morgan fingerprint density at radius 2 is 1.96 bits per heavy atom. The SMILES string of the molecule is C=CCn1c(SCC(=O)N2CCC(C(N)=O)CC2)nnc1-c1ccncc1. The van der Waals surface area contributed by atoms with Crippen molar-refractivity contribution in [3.8, 4) is 11.4 Å². The minimum Gasteiger partial charge on any atom is -0.369 e. The molecule has 2 amide bonds. The molecule has 0 unspecified atom stereocenters. The molecule has 0 bridgehead atoms. The molecule has 0 radical (unpaired) electrons. The number of rotatable bonds is 7. The molecule has 27 heavy (non-hydrogen) atoms. The Balaban J connectivity index is 1.64. The molecule has 9 heteroatoms. The number of hydrogen-bond acceptors (Lipinski definition) is 6. The van der Waals surface area contributed by atoms with Crippen LogP contribution in [0.4, 0.5) is 0 Å². The Morgan fingerprint density at radius 1 is 1.26 bits per heavy atom. The number of piperidine rings is 1. The molecule has 0 saturated carbocycles. The fourth-order valence-corrected chi connectivity index (χ4v) is 3.89. The van der Waals surface area contributed by atoms with E-state index in [-0.39, 0.29) is 23.5 Å². The van der Waals surface area contributed by atoms with Crippen LogP contribution in [-0.4, -0.2) is 55.3 Å². The van der Waals surface area contributed by atoms with Gasteiger partial charge in [0.2, 0.25) is 11.8 Å². The van der Waals surface area contributed by atoms with Crippen molar-refractivity contribution in [1.82, 2.24) is 24.6 Å². The number of nitrogens with zero attached hydrogens (tertiary/aromatic N) is 5. The van der Waals surface area contributed by atoms with Gasteiger partial charge in [-0.3, -0.25) is 19.1 Å². The van der Waals surface area contributed by atoms with Gasteiger partial charge in [-0.2, -0.15) is 0 Å². The molecule has 8 nitrogen and oxygen atoms in total. The first-order valence-electron chi connectivity index (χ1n) is 8.74. The molecule has 0 atom stereocenters. The monoisotopic (exact) mass is 386 g/mol. The number of likely N-dealkylation sites (tertiary alicyclic amines) is 1. The van der Waals surface area contributed by atoms with Gasteiger partial charge in [-0.05, 0) is 25.0 Å².